The lowest BCUT2D eigenvalue weighted by molar-refractivity contribution is -0.115. The van der Waals surface area contributed by atoms with Crippen molar-refractivity contribution in [1.29, 1.82) is 0 Å². The van der Waals surface area contributed by atoms with E-state index in [1.165, 1.54) is 11.3 Å². The molecule has 0 saturated heterocycles. The third-order valence-electron chi connectivity index (χ3n) is 4.73. The number of hydrogen-bond acceptors (Lipinski definition) is 5. The van der Waals surface area contributed by atoms with Gasteiger partial charge in [0.15, 0.2) is 0 Å². The fourth-order valence-corrected chi connectivity index (χ4v) is 5.47. The van der Waals surface area contributed by atoms with Crippen molar-refractivity contribution in [3.63, 3.8) is 0 Å². The number of fused-ring (bicyclic) bond motifs is 1. The molecule has 5 nitrogen and oxygen atoms in total. The first-order valence-electron chi connectivity index (χ1n) is 9.21. The number of thiophene rings is 1. The molecule has 0 radical (unpaired) electrons. The molecule has 1 aliphatic heterocycles. The summed E-state index contributed by atoms with van der Waals surface area (Å²) in [7, 11) is 0. The maximum Gasteiger partial charge on any atom is 0.251 e. The fraction of sp³-hybridized carbons (Fsp3) is 0.400. The topological polar surface area (TPSA) is 75.4 Å². The van der Waals surface area contributed by atoms with E-state index in [2.05, 4.69) is 24.1 Å². The van der Waals surface area contributed by atoms with Gasteiger partial charge in [-0.05, 0) is 50.1 Å². The van der Waals surface area contributed by atoms with Crippen LogP contribution in [0.1, 0.15) is 41.1 Å². The SMILES string of the molecule is CC(C)N1CCc2c(sc(NC(=O)CCSc3ccc(Cl)cc3)c2C(N)=O)C1.Cl. The van der Waals surface area contributed by atoms with Gasteiger partial charge >= 0.3 is 0 Å². The molecule has 1 aliphatic rings. The van der Waals surface area contributed by atoms with Gasteiger partial charge in [-0.25, -0.2) is 0 Å². The second-order valence-electron chi connectivity index (χ2n) is 6.99. The molecule has 0 saturated carbocycles. The first-order valence-corrected chi connectivity index (χ1v) is 11.4. The molecular weight excluding hydrogens is 449 g/mol. The average Bonchev–Trinajstić information content (AvgIpc) is 3.00. The first-order chi connectivity index (χ1) is 13.3. The van der Waals surface area contributed by atoms with Crippen molar-refractivity contribution < 1.29 is 9.59 Å². The second kappa shape index (κ2) is 10.7. The van der Waals surface area contributed by atoms with Crippen LogP contribution in [0.3, 0.4) is 0 Å². The van der Waals surface area contributed by atoms with Crippen molar-refractivity contribution in [3.8, 4) is 0 Å². The Morgan fingerprint density at radius 2 is 2.00 bits per heavy atom. The summed E-state index contributed by atoms with van der Waals surface area (Å²) in [6.45, 7) is 6.01. The molecule has 0 aliphatic carbocycles. The average molecular weight is 474 g/mol. The third kappa shape index (κ3) is 6.12. The van der Waals surface area contributed by atoms with Gasteiger partial charge in [-0.1, -0.05) is 11.6 Å². The molecule has 2 amide bonds. The van der Waals surface area contributed by atoms with Crippen molar-refractivity contribution >= 4 is 63.9 Å². The summed E-state index contributed by atoms with van der Waals surface area (Å²) in [5, 5.41) is 4.20. The highest BCUT2D eigenvalue weighted by Crippen LogP contribution is 2.37. The molecule has 0 unspecified atom stereocenters. The highest BCUT2D eigenvalue weighted by atomic mass is 35.5. The summed E-state index contributed by atoms with van der Waals surface area (Å²) in [6.07, 6.45) is 1.14. The van der Waals surface area contributed by atoms with Gasteiger partial charge in [0.05, 0.1) is 5.56 Å². The zero-order chi connectivity index (χ0) is 20.3. The summed E-state index contributed by atoms with van der Waals surface area (Å²) in [5.74, 6) is 0.0654. The van der Waals surface area contributed by atoms with Crippen LogP contribution in [0.15, 0.2) is 29.2 Å². The molecule has 29 heavy (non-hydrogen) atoms. The van der Waals surface area contributed by atoms with Crippen molar-refractivity contribution in [2.24, 2.45) is 5.73 Å². The van der Waals surface area contributed by atoms with Gasteiger partial charge in [-0.3, -0.25) is 14.5 Å². The van der Waals surface area contributed by atoms with Gasteiger partial charge in [-0.2, -0.15) is 0 Å². The predicted octanol–water partition coefficient (Wildman–Crippen LogP) is 4.81. The number of hydrogen-bond donors (Lipinski definition) is 2. The molecule has 1 aromatic carbocycles. The van der Waals surface area contributed by atoms with Crippen LogP contribution in [0.2, 0.25) is 5.02 Å². The quantitative estimate of drug-likeness (QED) is 0.565. The molecular formula is C20H25Cl2N3O2S2. The number of amides is 2. The van der Waals surface area contributed by atoms with E-state index in [1.807, 2.05) is 24.3 Å². The van der Waals surface area contributed by atoms with E-state index >= 15 is 0 Å². The number of nitrogens with two attached hydrogens (primary N) is 1. The van der Waals surface area contributed by atoms with Gasteiger partial charge in [-0.15, -0.1) is 35.5 Å². The molecule has 2 heterocycles. The summed E-state index contributed by atoms with van der Waals surface area (Å²) in [5.41, 5.74) is 7.12. The van der Waals surface area contributed by atoms with Crippen LogP contribution in [-0.4, -0.2) is 35.1 Å². The highest BCUT2D eigenvalue weighted by molar-refractivity contribution is 7.99. The minimum Gasteiger partial charge on any atom is -0.365 e. The lowest BCUT2D eigenvalue weighted by Crippen LogP contribution is -2.35. The summed E-state index contributed by atoms with van der Waals surface area (Å²) in [4.78, 5) is 29.0. The number of thioether (sulfide) groups is 1. The zero-order valence-electron chi connectivity index (χ0n) is 16.4. The van der Waals surface area contributed by atoms with Crippen molar-refractivity contribution in [2.45, 2.75) is 44.2 Å². The standard InChI is InChI=1S/C20H24ClN3O2S2.ClH/c1-12(2)24-9-7-15-16(11-24)28-20(18(15)19(22)26)23-17(25)8-10-27-14-5-3-13(21)4-6-14;/h3-6,12H,7-11H2,1-2H3,(H2,22,26)(H,23,25);1H. The molecule has 158 valence electrons. The molecule has 0 atom stereocenters. The molecule has 0 bridgehead atoms. The van der Waals surface area contributed by atoms with Crippen molar-refractivity contribution in [1.82, 2.24) is 4.90 Å². The lowest BCUT2D eigenvalue weighted by atomic mass is 10.0. The Hall–Kier alpha value is -1.25. The number of halogens is 2. The van der Waals surface area contributed by atoms with E-state index in [-0.39, 0.29) is 18.3 Å². The van der Waals surface area contributed by atoms with Crippen LogP contribution in [0, 0.1) is 0 Å². The Balaban J connectivity index is 0.00000300. The minimum absolute atomic E-state index is 0. The highest BCUT2D eigenvalue weighted by Gasteiger charge is 2.28. The summed E-state index contributed by atoms with van der Waals surface area (Å²) >= 11 is 8.95. The van der Waals surface area contributed by atoms with Crippen LogP contribution < -0.4 is 11.1 Å². The van der Waals surface area contributed by atoms with Gasteiger partial charge < -0.3 is 11.1 Å². The number of carbonyl (C=O) groups is 2. The molecule has 2 aromatic rings. The summed E-state index contributed by atoms with van der Waals surface area (Å²) < 4.78 is 0. The van der Waals surface area contributed by atoms with E-state index in [1.54, 1.807) is 11.8 Å². The zero-order valence-corrected chi connectivity index (χ0v) is 19.6. The van der Waals surface area contributed by atoms with Crippen LogP contribution in [0.25, 0.3) is 0 Å². The van der Waals surface area contributed by atoms with E-state index in [0.29, 0.717) is 33.8 Å². The maximum atomic E-state index is 12.4. The third-order valence-corrected chi connectivity index (χ3v) is 7.13. The van der Waals surface area contributed by atoms with E-state index in [0.717, 1.165) is 34.8 Å². The molecule has 0 fully saturated rings. The summed E-state index contributed by atoms with van der Waals surface area (Å²) in [6, 6.07) is 7.97. The van der Waals surface area contributed by atoms with Crippen LogP contribution in [-0.2, 0) is 17.8 Å². The van der Waals surface area contributed by atoms with Gasteiger partial charge in [0.25, 0.3) is 5.91 Å². The minimum atomic E-state index is -0.471. The smallest absolute Gasteiger partial charge is 0.251 e. The second-order valence-corrected chi connectivity index (χ2v) is 9.70. The Labute approximate surface area is 190 Å². The van der Waals surface area contributed by atoms with Gasteiger partial charge in [0.1, 0.15) is 5.00 Å². The largest absolute Gasteiger partial charge is 0.365 e. The van der Waals surface area contributed by atoms with Crippen LogP contribution in [0.5, 0.6) is 0 Å². The Morgan fingerprint density at radius 3 is 2.62 bits per heavy atom. The number of anilines is 1. The molecule has 3 N–H and O–H groups in total. The molecule has 9 heteroatoms. The molecule has 1 aromatic heterocycles. The fourth-order valence-electron chi connectivity index (χ4n) is 3.19. The lowest BCUT2D eigenvalue weighted by Gasteiger charge is -2.30. The van der Waals surface area contributed by atoms with Gasteiger partial charge in [0.2, 0.25) is 5.91 Å². The monoisotopic (exact) mass is 473 g/mol. The maximum absolute atomic E-state index is 12.4. The number of nitrogens with one attached hydrogen (secondary N) is 1. The Kier molecular flexibility index (Phi) is 8.85. The normalized spacial score (nSPS) is 13.7. The molecule has 0 spiro atoms. The number of carbonyl (C=O) groups excluding carboxylic acids is 2. The van der Waals surface area contributed by atoms with E-state index < -0.39 is 5.91 Å². The van der Waals surface area contributed by atoms with E-state index in [9.17, 15) is 9.59 Å². The van der Waals surface area contributed by atoms with Crippen molar-refractivity contribution in [3.05, 3.63) is 45.3 Å². The Bertz CT molecular complexity index is 869. The number of benzene rings is 1. The van der Waals surface area contributed by atoms with Crippen LogP contribution >= 0.6 is 47.1 Å². The number of nitrogens with zero attached hydrogens (tertiary/aromatic N) is 1. The number of rotatable bonds is 7. The van der Waals surface area contributed by atoms with Crippen LogP contribution in [0.4, 0.5) is 5.00 Å². The van der Waals surface area contributed by atoms with E-state index in [4.69, 9.17) is 17.3 Å². The number of primary amides is 1. The molecule has 3 rings (SSSR count). The van der Waals surface area contributed by atoms with Crippen molar-refractivity contribution in [2.75, 3.05) is 17.6 Å². The predicted molar refractivity (Wildman–Crippen MR) is 125 cm³/mol. The Morgan fingerprint density at radius 1 is 1.31 bits per heavy atom. The first kappa shape index (κ1) is 24.0. The van der Waals surface area contributed by atoms with Gasteiger partial charge in [0, 0.05) is 46.1 Å².